The average Bonchev–Trinajstić information content (AvgIpc) is 2.27. The molecule has 0 aromatic rings. The van der Waals surface area contributed by atoms with Gasteiger partial charge >= 0.3 is 0 Å². The Hall–Kier alpha value is 1.19. The lowest BCUT2D eigenvalue weighted by Gasteiger charge is -2.17. The lowest BCUT2D eigenvalue weighted by Crippen LogP contribution is -2.16. The molecule has 0 spiro atoms. The van der Waals surface area contributed by atoms with Crippen LogP contribution in [0.1, 0.15) is 53.4 Å². The molecule has 0 aliphatic carbocycles. The number of thiol groups is 1. The van der Waals surface area contributed by atoms with E-state index < -0.39 is 19.1 Å². The maximum absolute atomic E-state index is 10.9. The molecule has 0 aliphatic heterocycles. The summed E-state index contributed by atoms with van der Waals surface area (Å²) in [5.74, 6) is 3.60. The van der Waals surface area contributed by atoms with Gasteiger partial charge in [0.15, 0.2) is 0 Å². The summed E-state index contributed by atoms with van der Waals surface area (Å²) in [7, 11) is -0.889. The molecule has 0 rings (SSSR count). The molecule has 0 saturated heterocycles. The molecular weight excluding hydrogens is 304 g/mol. The summed E-state index contributed by atoms with van der Waals surface area (Å²) < 4.78 is 20.3. The van der Waals surface area contributed by atoms with Crippen LogP contribution >= 0.6 is 10.8 Å². The number of hydrogen-bond acceptors (Lipinski definition) is 3. The molecule has 0 heterocycles. The molecule has 0 radical (unpaired) electrons. The Morgan fingerprint density at radius 3 is 1.89 bits per heavy atom. The van der Waals surface area contributed by atoms with Gasteiger partial charge in [0.05, 0.1) is 10.8 Å². The van der Waals surface area contributed by atoms with Crippen LogP contribution in [0.25, 0.3) is 0 Å². The van der Waals surface area contributed by atoms with Crippen LogP contribution in [0.3, 0.4) is 0 Å². The Balaban J connectivity index is 0. The zero-order chi connectivity index (χ0) is 14.4. The van der Waals surface area contributed by atoms with E-state index in [1.807, 2.05) is 0 Å². The van der Waals surface area contributed by atoms with Gasteiger partial charge in [0.25, 0.3) is 0 Å². The summed E-state index contributed by atoms with van der Waals surface area (Å²) in [6, 6.07) is 0. The van der Waals surface area contributed by atoms with E-state index in [9.17, 15) is 9.11 Å². The minimum atomic E-state index is -1.86. The maximum atomic E-state index is 10.9. The Kier molecular flexibility index (Phi) is 17.4. The smallest absolute Gasteiger partial charge is 0.117 e. The maximum Gasteiger partial charge on any atom is 0.117 e. The monoisotopic (exact) mass is 334 g/mol. The van der Waals surface area contributed by atoms with Crippen LogP contribution in [0.5, 0.6) is 0 Å². The highest BCUT2D eigenvalue weighted by Gasteiger charge is 2.03. The van der Waals surface area contributed by atoms with Crippen molar-refractivity contribution in [2.24, 2.45) is 0 Å². The Bertz CT molecular complexity index is 202. The fourth-order valence-corrected chi connectivity index (χ4v) is 6.64. The molecule has 1 N–H and O–H groups in total. The molecule has 0 aliphatic rings. The summed E-state index contributed by atoms with van der Waals surface area (Å²) in [6.07, 6.45) is 4.20. The third-order valence-corrected chi connectivity index (χ3v) is 8.69. The van der Waals surface area contributed by atoms with Crippen molar-refractivity contribution in [2.45, 2.75) is 53.4 Å². The predicted octanol–water partition coefficient (Wildman–Crippen LogP) is 3.83. The highest BCUT2D eigenvalue weighted by Crippen LogP contribution is 2.14. The van der Waals surface area contributed by atoms with Gasteiger partial charge in [-0.2, -0.15) is 0 Å². The van der Waals surface area contributed by atoms with Crippen molar-refractivity contribution >= 4 is 41.1 Å². The van der Waals surface area contributed by atoms with E-state index in [1.54, 1.807) is 10.8 Å². The first kappa shape index (κ1) is 21.5. The van der Waals surface area contributed by atoms with Gasteiger partial charge in [-0.1, -0.05) is 27.7 Å². The molecule has 6 heteroatoms. The van der Waals surface area contributed by atoms with Crippen molar-refractivity contribution in [3.63, 3.8) is 0 Å². The summed E-state index contributed by atoms with van der Waals surface area (Å²) >= 11 is 5.01. The van der Waals surface area contributed by atoms with Gasteiger partial charge < -0.3 is 9.11 Å². The van der Waals surface area contributed by atoms with E-state index >= 15 is 0 Å². The van der Waals surface area contributed by atoms with Crippen LogP contribution < -0.4 is 0 Å². The van der Waals surface area contributed by atoms with E-state index in [0.29, 0.717) is 0 Å². The molecular formula is C12H30O2S4. The molecule has 0 fully saturated rings. The molecule has 114 valence electrons. The molecule has 0 aromatic heterocycles. The van der Waals surface area contributed by atoms with Gasteiger partial charge in [-0.05, 0) is 48.4 Å². The van der Waals surface area contributed by atoms with Crippen molar-refractivity contribution < 1.29 is 9.11 Å². The standard InChI is InChI=1S/C6H16OS2.C6H14OS2/c1-3-5-9(7,8)6-4-2;1-3-5-8-9(7)6-4-2/h9H,3-6H2,1-2H3,(H,7,8);3-6H2,1-2H3. The van der Waals surface area contributed by atoms with Crippen LogP contribution in [0.15, 0.2) is 0 Å². The lowest BCUT2D eigenvalue weighted by atomic mass is 10.6. The zero-order valence-corrected chi connectivity index (χ0v) is 15.5. The van der Waals surface area contributed by atoms with Crippen LogP contribution in [-0.2, 0) is 30.3 Å². The Morgan fingerprint density at radius 1 is 1.06 bits per heavy atom. The quantitative estimate of drug-likeness (QED) is 0.382. The van der Waals surface area contributed by atoms with Crippen molar-refractivity contribution in [2.75, 3.05) is 23.0 Å². The second kappa shape index (κ2) is 14.6. The van der Waals surface area contributed by atoms with Crippen LogP contribution in [-0.4, -0.2) is 32.1 Å². The minimum absolute atomic E-state index is 0.603. The Labute approximate surface area is 126 Å². The largest absolute Gasteiger partial charge is 0.605 e. The number of hydrogen-bond donors (Lipinski definition) is 2. The van der Waals surface area contributed by atoms with Crippen molar-refractivity contribution in [3.8, 4) is 0 Å². The summed E-state index contributed by atoms with van der Waals surface area (Å²) in [6.45, 7) is 8.29. The first-order valence-corrected chi connectivity index (χ1v) is 12.7. The van der Waals surface area contributed by atoms with Gasteiger partial charge in [0.2, 0.25) is 0 Å². The topological polar surface area (TPSA) is 43.3 Å². The van der Waals surface area contributed by atoms with Crippen molar-refractivity contribution in [1.29, 1.82) is 0 Å². The summed E-state index contributed by atoms with van der Waals surface area (Å²) in [5.41, 5.74) is 0. The summed E-state index contributed by atoms with van der Waals surface area (Å²) in [4.78, 5) is 0. The highest BCUT2D eigenvalue weighted by atomic mass is 33.1. The van der Waals surface area contributed by atoms with Crippen molar-refractivity contribution in [3.05, 3.63) is 0 Å². The zero-order valence-electron chi connectivity index (χ0n) is 12.2. The third-order valence-electron chi connectivity index (χ3n) is 1.94. The van der Waals surface area contributed by atoms with Gasteiger partial charge in [0.1, 0.15) is 5.75 Å². The van der Waals surface area contributed by atoms with E-state index in [2.05, 4.69) is 27.7 Å². The normalized spacial score (nSPS) is 13.7. The average molecular weight is 335 g/mol. The molecule has 1 unspecified atom stereocenters. The predicted molar refractivity (Wildman–Crippen MR) is 95.1 cm³/mol. The fourth-order valence-electron chi connectivity index (χ4n) is 1.21. The van der Waals surface area contributed by atoms with E-state index in [1.165, 1.54) is 0 Å². The lowest BCUT2D eigenvalue weighted by molar-refractivity contribution is 0.608. The van der Waals surface area contributed by atoms with Gasteiger partial charge in [-0.15, -0.1) is 8.87 Å². The molecule has 2 nitrogen and oxygen atoms in total. The van der Waals surface area contributed by atoms with Crippen LogP contribution in [0, 0.1) is 0 Å². The van der Waals surface area contributed by atoms with E-state index in [-0.39, 0.29) is 0 Å². The van der Waals surface area contributed by atoms with E-state index in [4.69, 9.17) is 11.2 Å². The second-order valence-corrected chi connectivity index (χ2v) is 12.2. The molecule has 0 bridgehead atoms. The second-order valence-electron chi connectivity index (χ2n) is 4.12. The van der Waals surface area contributed by atoms with Crippen LogP contribution in [0.2, 0.25) is 0 Å². The molecule has 1 atom stereocenters. The van der Waals surface area contributed by atoms with Gasteiger partial charge in [-0.3, -0.25) is 0 Å². The van der Waals surface area contributed by atoms with Crippen molar-refractivity contribution in [1.82, 2.24) is 0 Å². The highest BCUT2D eigenvalue weighted by molar-refractivity contribution is 8.72. The molecule has 0 amide bonds. The van der Waals surface area contributed by atoms with Gasteiger partial charge in [-0.25, -0.2) is 0 Å². The Morgan fingerprint density at radius 2 is 1.56 bits per heavy atom. The molecule has 18 heavy (non-hydrogen) atoms. The first-order chi connectivity index (χ1) is 8.43. The fraction of sp³-hybridized carbons (Fsp3) is 1.00. The third kappa shape index (κ3) is 17.2. The number of rotatable bonds is 9. The first-order valence-electron chi connectivity index (χ1n) is 6.75. The SMILES string of the molecule is CCCS[S+]([O-])CCC.CCC[SH](O)(=S)CCC. The summed E-state index contributed by atoms with van der Waals surface area (Å²) in [5, 5.41) is 0. The minimum Gasteiger partial charge on any atom is -0.605 e. The van der Waals surface area contributed by atoms with Crippen LogP contribution in [0.4, 0.5) is 0 Å². The molecule has 0 aromatic carbocycles. The van der Waals surface area contributed by atoms with Gasteiger partial charge in [0, 0.05) is 16.0 Å². The molecule has 0 saturated carbocycles. The van der Waals surface area contributed by atoms with E-state index in [0.717, 1.165) is 48.7 Å².